The first-order valence-corrected chi connectivity index (χ1v) is 7.84. The van der Waals surface area contributed by atoms with Crippen LogP contribution >= 0.6 is 0 Å². The van der Waals surface area contributed by atoms with Gasteiger partial charge in [0.1, 0.15) is 5.75 Å². The van der Waals surface area contributed by atoms with Gasteiger partial charge in [-0.1, -0.05) is 42.5 Å². The summed E-state index contributed by atoms with van der Waals surface area (Å²) < 4.78 is 5.48. The summed E-state index contributed by atoms with van der Waals surface area (Å²) in [7, 11) is 4.21. The van der Waals surface area contributed by atoms with E-state index in [4.69, 9.17) is 4.74 Å². The van der Waals surface area contributed by atoms with Gasteiger partial charge < -0.3 is 15.0 Å². The number of hydrogen-bond acceptors (Lipinski definition) is 3. The van der Waals surface area contributed by atoms with E-state index in [0.29, 0.717) is 12.6 Å². The highest BCUT2D eigenvalue weighted by molar-refractivity contribution is 5.27. The van der Waals surface area contributed by atoms with Crippen molar-refractivity contribution in [3.8, 4) is 5.75 Å². The van der Waals surface area contributed by atoms with Crippen molar-refractivity contribution in [1.82, 2.24) is 10.2 Å². The van der Waals surface area contributed by atoms with Crippen molar-refractivity contribution in [2.45, 2.75) is 19.5 Å². The van der Waals surface area contributed by atoms with E-state index in [1.807, 2.05) is 19.1 Å². The Balaban J connectivity index is 1.98. The van der Waals surface area contributed by atoms with Gasteiger partial charge in [0.2, 0.25) is 0 Å². The molecule has 0 aliphatic carbocycles. The fourth-order valence-electron chi connectivity index (χ4n) is 2.45. The average molecular weight is 298 g/mol. The van der Waals surface area contributed by atoms with E-state index >= 15 is 0 Å². The number of nitrogens with zero attached hydrogens (tertiary/aromatic N) is 1. The smallest absolute Gasteiger partial charge is 0.119 e. The first-order chi connectivity index (χ1) is 10.7. The van der Waals surface area contributed by atoms with Gasteiger partial charge in [-0.25, -0.2) is 0 Å². The third-order valence-corrected chi connectivity index (χ3v) is 3.54. The Morgan fingerprint density at radius 1 is 1.00 bits per heavy atom. The standard InChI is InChI=1S/C19H26N2O/c1-4-22-18-12-10-16(11-13-18)14-20-19(15-21(2)3)17-8-6-5-7-9-17/h5-13,19-20H,4,14-15H2,1-3H3. The zero-order valence-electron chi connectivity index (χ0n) is 13.8. The number of hydrogen-bond donors (Lipinski definition) is 1. The van der Waals surface area contributed by atoms with E-state index in [1.54, 1.807) is 0 Å². The van der Waals surface area contributed by atoms with Gasteiger partial charge in [-0.15, -0.1) is 0 Å². The van der Waals surface area contributed by atoms with Crippen LogP contribution in [0.3, 0.4) is 0 Å². The van der Waals surface area contributed by atoms with Crippen molar-refractivity contribution < 1.29 is 4.74 Å². The molecule has 0 saturated carbocycles. The highest BCUT2D eigenvalue weighted by Gasteiger charge is 2.11. The van der Waals surface area contributed by atoms with Gasteiger partial charge in [0, 0.05) is 19.1 Å². The molecule has 2 rings (SSSR count). The molecule has 1 unspecified atom stereocenters. The molecule has 1 atom stereocenters. The second-order valence-electron chi connectivity index (χ2n) is 5.68. The van der Waals surface area contributed by atoms with Crippen LogP contribution in [-0.2, 0) is 6.54 Å². The number of benzene rings is 2. The molecule has 3 nitrogen and oxygen atoms in total. The molecule has 0 radical (unpaired) electrons. The fourth-order valence-corrected chi connectivity index (χ4v) is 2.45. The van der Waals surface area contributed by atoms with E-state index in [-0.39, 0.29) is 0 Å². The summed E-state index contributed by atoms with van der Waals surface area (Å²) in [5.41, 5.74) is 2.59. The molecule has 0 aliphatic heterocycles. The zero-order valence-corrected chi connectivity index (χ0v) is 13.8. The van der Waals surface area contributed by atoms with Crippen molar-refractivity contribution in [2.75, 3.05) is 27.2 Å². The molecule has 0 aliphatic rings. The van der Waals surface area contributed by atoms with Crippen molar-refractivity contribution in [2.24, 2.45) is 0 Å². The molecule has 0 aromatic heterocycles. The highest BCUT2D eigenvalue weighted by atomic mass is 16.5. The molecule has 0 spiro atoms. The van der Waals surface area contributed by atoms with E-state index in [2.05, 4.69) is 66.8 Å². The minimum atomic E-state index is 0.322. The molecule has 0 heterocycles. The normalized spacial score (nSPS) is 12.4. The molecule has 3 heteroatoms. The molecule has 0 bridgehead atoms. The molecule has 2 aromatic rings. The van der Waals surface area contributed by atoms with Crippen LogP contribution in [0, 0.1) is 0 Å². The Kier molecular flexibility index (Phi) is 6.44. The second kappa shape index (κ2) is 8.57. The highest BCUT2D eigenvalue weighted by Crippen LogP contribution is 2.16. The molecule has 2 aromatic carbocycles. The topological polar surface area (TPSA) is 24.5 Å². The lowest BCUT2D eigenvalue weighted by atomic mass is 10.1. The van der Waals surface area contributed by atoms with Crippen LogP contribution in [0.15, 0.2) is 54.6 Å². The number of rotatable bonds is 8. The third-order valence-electron chi connectivity index (χ3n) is 3.54. The van der Waals surface area contributed by atoms with Gasteiger partial charge in [0.25, 0.3) is 0 Å². The van der Waals surface area contributed by atoms with Gasteiger partial charge in [-0.2, -0.15) is 0 Å². The minimum absolute atomic E-state index is 0.322. The van der Waals surface area contributed by atoms with Crippen LogP contribution in [0.1, 0.15) is 24.1 Å². The van der Waals surface area contributed by atoms with Crippen LogP contribution in [0.4, 0.5) is 0 Å². The first-order valence-electron chi connectivity index (χ1n) is 7.84. The predicted octanol–water partition coefficient (Wildman–Crippen LogP) is 3.48. The van der Waals surface area contributed by atoms with Crippen LogP contribution < -0.4 is 10.1 Å². The Morgan fingerprint density at radius 3 is 2.27 bits per heavy atom. The van der Waals surface area contributed by atoms with Gasteiger partial charge in [0.15, 0.2) is 0 Å². The van der Waals surface area contributed by atoms with Crippen LogP contribution in [0.2, 0.25) is 0 Å². The quantitative estimate of drug-likeness (QED) is 0.807. The molecule has 118 valence electrons. The lowest BCUT2D eigenvalue weighted by Crippen LogP contribution is -2.30. The Morgan fingerprint density at radius 2 is 1.68 bits per heavy atom. The van der Waals surface area contributed by atoms with E-state index < -0.39 is 0 Å². The minimum Gasteiger partial charge on any atom is -0.494 e. The summed E-state index contributed by atoms with van der Waals surface area (Å²) in [6.45, 7) is 4.53. The molecule has 0 fully saturated rings. The lowest BCUT2D eigenvalue weighted by molar-refractivity contribution is 0.338. The monoisotopic (exact) mass is 298 g/mol. The Bertz CT molecular complexity index is 537. The molecule has 1 N–H and O–H groups in total. The van der Waals surface area contributed by atoms with E-state index in [9.17, 15) is 0 Å². The van der Waals surface area contributed by atoms with E-state index in [1.165, 1.54) is 11.1 Å². The average Bonchev–Trinajstić information content (AvgIpc) is 2.53. The fraction of sp³-hybridized carbons (Fsp3) is 0.368. The number of ether oxygens (including phenoxy) is 1. The summed E-state index contributed by atoms with van der Waals surface area (Å²) in [5, 5.41) is 3.65. The summed E-state index contributed by atoms with van der Waals surface area (Å²) >= 11 is 0. The number of nitrogens with one attached hydrogen (secondary N) is 1. The predicted molar refractivity (Wildman–Crippen MR) is 92.2 cm³/mol. The maximum Gasteiger partial charge on any atom is 0.119 e. The van der Waals surface area contributed by atoms with Crippen molar-refractivity contribution in [3.63, 3.8) is 0 Å². The number of likely N-dealkylation sites (N-methyl/N-ethyl adjacent to an activating group) is 1. The van der Waals surface area contributed by atoms with Crippen LogP contribution in [0.25, 0.3) is 0 Å². The Labute approximate surface area is 133 Å². The molecular formula is C19H26N2O. The molecule has 0 amide bonds. The van der Waals surface area contributed by atoms with Gasteiger partial charge >= 0.3 is 0 Å². The van der Waals surface area contributed by atoms with Gasteiger partial charge in [0.05, 0.1) is 6.61 Å². The maximum atomic E-state index is 5.48. The summed E-state index contributed by atoms with van der Waals surface area (Å²) in [6, 6.07) is 19.2. The zero-order chi connectivity index (χ0) is 15.8. The van der Waals surface area contributed by atoms with Crippen LogP contribution in [-0.4, -0.2) is 32.1 Å². The Hall–Kier alpha value is -1.84. The van der Waals surface area contributed by atoms with Crippen LogP contribution in [0.5, 0.6) is 5.75 Å². The van der Waals surface area contributed by atoms with Crippen molar-refractivity contribution >= 4 is 0 Å². The van der Waals surface area contributed by atoms with Crippen molar-refractivity contribution in [3.05, 3.63) is 65.7 Å². The largest absolute Gasteiger partial charge is 0.494 e. The summed E-state index contributed by atoms with van der Waals surface area (Å²) in [4.78, 5) is 2.21. The molecule has 22 heavy (non-hydrogen) atoms. The third kappa shape index (κ3) is 5.17. The van der Waals surface area contributed by atoms with E-state index in [0.717, 1.165) is 18.8 Å². The van der Waals surface area contributed by atoms with Gasteiger partial charge in [-0.05, 0) is 44.3 Å². The lowest BCUT2D eigenvalue weighted by Gasteiger charge is -2.23. The van der Waals surface area contributed by atoms with Crippen molar-refractivity contribution in [1.29, 1.82) is 0 Å². The van der Waals surface area contributed by atoms with Gasteiger partial charge in [-0.3, -0.25) is 0 Å². The maximum absolute atomic E-state index is 5.48. The SMILES string of the molecule is CCOc1ccc(CNC(CN(C)C)c2ccccc2)cc1. The summed E-state index contributed by atoms with van der Waals surface area (Å²) in [6.07, 6.45) is 0. The second-order valence-corrected chi connectivity index (χ2v) is 5.68. The molecular weight excluding hydrogens is 272 g/mol. The summed E-state index contributed by atoms with van der Waals surface area (Å²) in [5.74, 6) is 0.930. The molecule has 0 saturated heterocycles. The first kappa shape index (κ1) is 16.5.